The summed E-state index contributed by atoms with van der Waals surface area (Å²) in [5.41, 5.74) is 2.07. The minimum absolute atomic E-state index is 0.336. The van der Waals surface area contributed by atoms with Crippen LogP contribution < -0.4 is 5.32 Å². The zero-order valence-corrected chi connectivity index (χ0v) is 11.2. The van der Waals surface area contributed by atoms with Crippen LogP contribution in [0.3, 0.4) is 0 Å². The standard InChI is InChI=1S/C13H8N4O2S/c1-19-12(18)9-3-2-8-4-10(9)16-11-7(5-14)6-15-13(20)17(8)11/h2-4,6,16H,1H3. The van der Waals surface area contributed by atoms with Crippen LogP contribution >= 0.6 is 12.2 Å². The van der Waals surface area contributed by atoms with Crippen LogP contribution in [0.1, 0.15) is 15.9 Å². The van der Waals surface area contributed by atoms with Crippen LogP contribution in [0, 0.1) is 16.1 Å². The van der Waals surface area contributed by atoms with Crippen molar-refractivity contribution in [2.24, 2.45) is 0 Å². The Kier molecular flexibility index (Phi) is 2.73. The number of carbonyl (C=O) groups excluding carboxylic acids is 1. The normalized spacial score (nSPS) is 11.0. The summed E-state index contributed by atoms with van der Waals surface area (Å²) in [5.74, 6) is 0.0596. The second-order valence-electron chi connectivity index (χ2n) is 4.10. The molecule has 0 unspecified atom stereocenters. The summed E-state index contributed by atoms with van der Waals surface area (Å²) in [5, 5.41) is 12.2. The lowest BCUT2D eigenvalue weighted by atomic mass is 10.1. The molecular weight excluding hydrogens is 276 g/mol. The van der Waals surface area contributed by atoms with Gasteiger partial charge in [-0.3, -0.25) is 4.57 Å². The minimum Gasteiger partial charge on any atom is -0.465 e. The van der Waals surface area contributed by atoms with Gasteiger partial charge in [0.15, 0.2) is 0 Å². The van der Waals surface area contributed by atoms with Gasteiger partial charge in [-0.1, -0.05) is 0 Å². The van der Waals surface area contributed by atoms with Gasteiger partial charge in [0.1, 0.15) is 17.5 Å². The maximum Gasteiger partial charge on any atom is 0.339 e. The van der Waals surface area contributed by atoms with E-state index in [4.69, 9.17) is 22.2 Å². The molecule has 2 heterocycles. The number of nitriles is 1. The Morgan fingerprint density at radius 2 is 2.35 bits per heavy atom. The Balaban J connectivity index is 2.28. The minimum atomic E-state index is -0.446. The van der Waals surface area contributed by atoms with E-state index in [9.17, 15) is 4.79 Å². The van der Waals surface area contributed by atoms with Crippen molar-refractivity contribution in [1.29, 1.82) is 5.26 Å². The number of ether oxygens (including phenoxy) is 1. The van der Waals surface area contributed by atoms with Crippen molar-refractivity contribution in [3.8, 4) is 11.8 Å². The van der Waals surface area contributed by atoms with Crippen molar-refractivity contribution in [3.63, 3.8) is 0 Å². The van der Waals surface area contributed by atoms with Gasteiger partial charge < -0.3 is 10.1 Å². The third-order valence-electron chi connectivity index (χ3n) is 3.01. The molecular formula is C13H8N4O2S. The van der Waals surface area contributed by atoms with E-state index in [1.165, 1.54) is 13.3 Å². The molecule has 1 aromatic heterocycles. The van der Waals surface area contributed by atoms with Gasteiger partial charge >= 0.3 is 5.97 Å². The van der Waals surface area contributed by atoms with Crippen LogP contribution in [0.2, 0.25) is 0 Å². The predicted molar refractivity (Wildman–Crippen MR) is 73.7 cm³/mol. The molecule has 0 fully saturated rings. The first-order chi connectivity index (χ1) is 9.65. The predicted octanol–water partition coefficient (Wildman–Crippen LogP) is 2.32. The molecule has 3 rings (SSSR count). The molecule has 2 bridgehead atoms. The summed E-state index contributed by atoms with van der Waals surface area (Å²) in [6, 6.07) is 7.19. The van der Waals surface area contributed by atoms with Crippen molar-refractivity contribution in [1.82, 2.24) is 9.55 Å². The Hall–Kier alpha value is -2.72. The van der Waals surface area contributed by atoms with Crippen LogP contribution in [0.15, 0.2) is 24.4 Å². The number of hydrogen-bond acceptors (Lipinski definition) is 6. The first kappa shape index (κ1) is 12.3. The van der Waals surface area contributed by atoms with E-state index < -0.39 is 5.97 Å². The Bertz CT molecular complexity index is 835. The molecule has 0 radical (unpaired) electrons. The fourth-order valence-corrected chi connectivity index (χ4v) is 2.34. The third kappa shape index (κ3) is 1.66. The summed E-state index contributed by atoms with van der Waals surface area (Å²) in [7, 11) is 1.32. The van der Waals surface area contributed by atoms with E-state index in [1.807, 2.05) is 6.07 Å². The molecule has 0 saturated carbocycles. The quantitative estimate of drug-likeness (QED) is 0.545. The van der Waals surface area contributed by atoms with Gasteiger partial charge in [-0.25, -0.2) is 9.78 Å². The van der Waals surface area contributed by atoms with Crippen LogP contribution in [0.4, 0.5) is 11.5 Å². The number of hydrogen-bond donors (Lipinski definition) is 1. The molecule has 0 spiro atoms. The summed E-state index contributed by atoms with van der Waals surface area (Å²) >= 11 is 5.18. The maximum absolute atomic E-state index is 11.7. The Labute approximate surface area is 119 Å². The summed E-state index contributed by atoms with van der Waals surface area (Å²) in [6.45, 7) is 0. The van der Waals surface area contributed by atoms with Crippen molar-refractivity contribution < 1.29 is 9.53 Å². The molecule has 20 heavy (non-hydrogen) atoms. The third-order valence-corrected chi connectivity index (χ3v) is 3.30. The number of benzene rings is 1. The van der Waals surface area contributed by atoms with E-state index in [1.54, 1.807) is 22.8 Å². The zero-order chi connectivity index (χ0) is 14.3. The molecule has 1 N–H and O–H groups in total. The highest BCUT2D eigenvalue weighted by molar-refractivity contribution is 7.71. The highest BCUT2D eigenvalue weighted by atomic mass is 32.1. The average molecular weight is 284 g/mol. The Morgan fingerprint density at radius 1 is 1.55 bits per heavy atom. The van der Waals surface area contributed by atoms with E-state index in [0.29, 0.717) is 27.4 Å². The van der Waals surface area contributed by atoms with Gasteiger partial charge in [-0.05, 0) is 30.4 Å². The van der Waals surface area contributed by atoms with Crippen molar-refractivity contribution >= 4 is 29.7 Å². The van der Waals surface area contributed by atoms with Crippen molar-refractivity contribution in [3.05, 3.63) is 40.3 Å². The molecule has 0 atom stereocenters. The number of anilines is 2. The summed E-state index contributed by atoms with van der Waals surface area (Å²) in [4.78, 5) is 15.7. The summed E-state index contributed by atoms with van der Waals surface area (Å²) in [6.07, 6.45) is 1.41. The number of nitrogens with zero attached hydrogens (tertiary/aromatic N) is 3. The number of nitrogens with one attached hydrogen (secondary N) is 1. The monoisotopic (exact) mass is 284 g/mol. The molecule has 2 aromatic rings. The highest BCUT2D eigenvalue weighted by Gasteiger charge is 2.21. The topological polar surface area (TPSA) is 79.9 Å². The number of methoxy groups -OCH3 is 1. The van der Waals surface area contributed by atoms with Gasteiger partial charge in [0.05, 0.1) is 30.2 Å². The molecule has 7 heteroatoms. The lowest BCUT2D eigenvalue weighted by Crippen LogP contribution is -2.16. The largest absolute Gasteiger partial charge is 0.465 e. The number of esters is 1. The van der Waals surface area contributed by atoms with Crippen molar-refractivity contribution in [2.75, 3.05) is 12.4 Å². The second kappa shape index (κ2) is 4.43. The van der Waals surface area contributed by atoms with Gasteiger partial charge in [-0.2, -0.15) is 5.26 Å². The second-order valence-corrected chi connectivity index (χ2v) is 4.46. The van der Waals surface area contributed by atoms with E-state index in [0.717, 1.165) is 5.69 Å². The van der Waals surface area contributed by atoms with E-state index >= 15 is 0 Å². The van der Waals surface area contributed by atoms with Gasteiger partial charge in [0, 0.05) is 0 Å². The first-order valence-electron chi connectivity index (χ1n) is 5.67. The molecule has 1 aliphatic rings. The summed E-state index contributed by atoms with van der Waals surface area (Å²) < 4.78 is 6.72. The number of aromatic nitrogens is 2. The molecule has 98 valence electrons. The van der Waals surface area contributed by atoms with Crippen LogP contribution in [-0.4, -0.2) is 22.6 Å². The first-order valence-corrected chi connectivity index (χ1v) is 6.08. The fraction of sp³-hybridized carbons (Fsp3) is 0.0769. The van der Waals surface area contributed by atoms with Gasteiger partial charge in [0.2, 0.25) is 4.77 Å². The lowest BCUT2D eigenvalue weighted by molar-refractivity contribution is 0.0602. The average Bonchev–Trinajstić information content (AvgIpc) is 2.47. The van der Waals surface area contributed by atoms with Gasteiger partial charge in [-0.15, -0.1) is 0 Å². The molecule has 1 aliphatic heterocycles. The molecule has 0 amide bonds. The number of fused-ring (bicyclic) bond motifs is 4. The number of carbonyl (C=O) groups is 1. The van der Waals surface area contributed by atoms with Crippen LogP contribution in [-0.2, 0) is 4.74 Å². The maximum atomic E-state index is 11.7. The van der Waals surface area contributed by atoms with E-state index in [-0.39, 0.29) is 0 Å². The Morgan fingerprint density at radius 3 is 3.05 bits per heavy atom. The zero-order valence-electron chi connectivity index (χ0n) is 10.4. The fourth-order valence-electron chi connectivity index (χ4n) is 2.09. The van der Waals surface area contributed by atoms with E-state index in [2.05, 4.69) is 10.3 Å². The molecule has 0 aliphatic carbocycles. The number of rotatable bonds is 1. The SMILES string of the molecule is COC(=O)c1ccc2cc1Nc1c(C#N)cnc(=S)n1-2. The van der Waals surface area contributed by atoms with Crippen LogP contribution in [0.25, 0.3) is 5.69 Å². The van der Waals surface area contributed by atoms with Crippen LogP contribution in [0.5, 0.6) is 0 Å². The highest BCUT2D eigenvalue weighted by Crippen LogP contribution is 2.33. The van der Waals surface area contributed by atoms with Gasteiger partial charge in [0.25, 0.3) is 0 Å². The molecule has 0 saturated heterocycles. The molecule has 6 nitrogen and oxygen atoms in total. The molecule has 1 aromatic carbocycles. The smallest absolute Gasteiger partial charge is 0.339 e. The van der Waals surface area contributed by atoms with Crippen molar-refractivity contribution in [2.45, 2.75) is 0 Å². The lowest BCUT2D eigenvalue weighted by Gasteiger charge is -2.23.